The maximum atomic E-state index is 10.3. The molecule has 0 saturated heterocycles. The van der Waals surface area contributed by atoms with Crippen LogP contribution in [0.5, 0.6) is 0 Å². The maximum Gasteiger partial charge on any atom is 0.314 e. The monoisotopic (exact) mass is 242 g/mol. The predicted molar refractivity (Wildman–Crippen MR) is 56.0 cm³/mol. The van der Waals surface area contributed by atoms with Gasteiger partial charge < -0.3 is 9.52 Å². The number of carboxylic acids is 1. The number of carbonyl (C=O) groups is 1. The van der Waals surface area contributed by atoms with Crippen molar-refractivity contribution in [3.8, 4) is 10.8 Å². The molecule has 2 aromatic heterocycles. The summed E-state index contributed by atoms with van der Waals surface area (Å²) in [4.78, 5) is 11.2. The van der Waals surface area contributed by atoms with Crippen molar-refractivity contribution < 1.29 is 14.3 Å². The number of hydrogen-bond donors (Lipinski definition) is 1. The molecule has 2 rings (SSSR count). The van der Waals surface area contributed by atoms with Crippen LogP contribution in [0.25, 0.3) is 10.8 Å². The highest BCUT2D eigenvalue weighted by Crippen LogP contribution is 2.26. The van der Waals surface area contributed by atoms with Gasteiger partial charge in [0.15, 0.2) is 0 Å². The smallest absolute Gasteiger partial charge is 0.314 e. The Morgan fingerprint density at radius 2 is 2.47 bits per heavy atom. The number of aliphatic carboxylic acids is 1. The van der Waals surface area contributed by atoms with E-state index in [0.29, 0.717) is 5.89 Å². The fourth-order valence-corrected chi connectivity index (χ4v) is 2.02. The highest BCUT2D eigenvalue weighted by Gasteiger charge is 2.10. The van der Waals surface area contributed by atoms with Crippen LogP contribution in [0.4, 0.5) is 0 Å². The summed E-state index contributed by atoms with van der Waals surface area (Å²) in [6, 6.07) is 3.75. The molecule has 15 heavy (non-hydrogen) atoms. The largest absolute Gasteiger partial charge is 0.481 e. The molecule has 0 aliphatic carbocycles. The van der Waals surface area contributed by atoms with Crippen LogP contribution in [-0.2, 0) is 4.79 Å². The first kappa shape index (κ1) is 10.2. The van der Waals surface area contributed by atoms with Gasteiger partial charge in [-0.15, -0.1) is 21.5 Å². The van der Waals surface area contributed by atoms with Crippen molar-refractivity contribution >= 4 is 29.1 Å². The third-order valence-electron chi connectivity index (χ3n) is 1.46. The third kappa shape index (κ3) is 2.57. The fraction of sp³-hybridized carbons (Fsp3) is 0.125. The van der Waals surface area contributed by atoms with E-state index in [1.165, 1.54) is 11.3 Å². The van der Waals surface area contributed by atoms with Gasteiger partial charge in [0, 0.05) is 0 Å². The molecule has 1 N–H and O–H groups in total. The van der Waals surface area contributed by atoms with Crippen molar-refractivity contribution in [2.24, 2.45) is 0 Å². The van der Waals surface area contributed by atoms with Gasteiger partial charge in [0.2, 0.25) is 0 Å². The molecule has 2 aromatic rings. The number of thioether (sulfide) groups is 1. The summed E-state index contributed by atoms with van der Waals surface area (Å²) in [5.41, 5.74) is 0. The second-order valence-electron chi connectivity index (χ2n) is 2.53. The van der Waals surface area contributed by atoms with Crippen LogP contribution in [0, 0.1) is 0 Å². The zero-order valence-corrected chi connectivity index (χ0v) is 9.05. The van der Waals surface area contributed by atoms with E-state index in [1.54, 1.807) is 0 Å². The van der Waals surface area contributed by atoms with Crippen LogP contribution in [-0.4, -0.2) is 27.0 Å². The minimum absolute atomic E-state index is 0.0773. The summed E-state index contributed by atoms with van der Waals surface area (Å²) in [5, 5.41) is 18.2. The zero-order chi connectivity index (χ0) is 10.7. The van der Waals surface area contributed by atoms with E-state index >= 15 is 0 Å². The van der Waals surface area contributed by atoms with Gasteiger partial charge in [-0.3, -0.25) is 4.79 Å². The van der Waals surface area contributed by atoms with Crippen molar-refractivity contribution in [2.75, 3.05) is 5.75 Å². The summed E-state index contributed by atoms with van der Waals surface area (Å²) in [6.07, 6.45) is 0. The predicted octanol–water partition coefficient (Wildman–Crippen LogP) is 1.97. The fourth-order valence-electron chi connectivity index (χ4n) is 0.891. The third-order valence-corrected chi connectivity index (χ3v) is 3.12. The summed E-state index contributed by atoms with van der Waals surface area (Å²) < 4.78 is 5.27. The summed E-state index contributed by atoms with van der Waals surface area (Å²) in [7, 11) is 0. The van der Waals surface area contributed by atoms with Crippen LogP contribution >= 0.6 is 23.1 Å². The second-order valence-corrected chi connectivity index (χ2v) is 4.41. The lowest BCUT2D eigenvalue weighted by molar-refractivity contribution is -0.133. The van der Waals surface area contributed by atoms with Crippen LogP contribution in [0.1, 0.15) is 0 Å². The standard InChI is InChI=1S/C8H6N2O3S2/c11-6(12)4-15-8-10-9-7(13-8)5-2-1-3-14-5/h1-3H,4H2,(H,11,12). The normalized spacial score (nSPS) is 10.4. The van der Waals surface area contributed by atoms with Gasteiger partial charge in [-0.2, -0.15) is 0 Å². The molecule has 0 radical (unpaired) electrons. The van der Waals surface area contributed by atoms with E-state index in [9.17, 15) is 4.79 Å². The molecule has 0 fully saturated rings. The summed E-state index contributed by atoms with van der Waals surface area (Å²) in [6.45, 7) is 0. The number of thiophene rings is 1. The Morgan fingerprint density at radius 1 is 1.60 bits per heavy atom. The highest BCUT2D eigenvalue weighted by atomic mass is 32.2. The Bertz CT molecular complexity index is 452. The molecule has 0 aliphatic rings. The lowest BCUT2D eigenvalue weighted by Gasteiger charge is -1.88. The topological polar surface area (TPSA) is 76.2 Å². The lowest BCUT2D eigenvalue weighted by atomic mass is 10.5. The number of aromatic nitrogens is 2. The molecule has 0 saturated carbocycles. The average molecular weight is 242 g/mol. The molecule has 0 bridgehead atoms. The molecule has 0 aliphatic heterocycles. The van der Waals surface area contributed by atoms with Crippen LogP contribution in [0.3, 0.4) is 0 Å². The van der Waals surface area contributed by atoms with E-state index in [2.05, 4.69) is 10.2 Å². The van der Waals surface area contributed by atoms with Crippen LogP contribution in [0.2, 0.25) is 0 Å². The first-order valence-corrected chi connectivity index (χ1v) is 5.84. The van der Waals surface area contributed by atoms with Crippen molar-refractivity contribution in [3.05, 3.63) is 17.5 Å². The van der Waals surface area contributed by atoms with Gasteiger partial charge in [0.1, 0.15) is 5.75 Å². The van der Waals surface area contributed by atoms with Crippen molar-refractivity contribution in [1.82, 2.24) is 10.2 Å². The number of nitrogens with zero attached hydrogens (tertiary/aromatic N) is 2. The van der Waals surface area contributed by atoms with Gasteiger partial charge in [0.25, 0.3) is 11.1 Å². The number of rotatable bonds is 4. The Hall–Kier alpha value is -1.34. The average Bonchev–Trinajstić information content (AvgIpc) is 2.85. The molecule has 2 heterocycles. The van der Waals surface area contributed by atoms with E-state index in [-0.39, 0.29) is 11.0 Å². The minimum Gasteiger partial charge on any atom is -0.481 e. The van der Waals surface area contributed by atoms with Crippen LogP contribution in [0.15, 0.2) is 27.2 Å². The molecule has 78 valence electrons. The number of carboxylic acid groups (broad SMARTS) is 1. The molecule has 0 spiro atoms. The van der Waals surface area contributed by atoms with Crippen molar-refractivity contribution in [1.29, 1.82) is 0 Å². The van der Waals surface area contributed by atoms with E-state index in [4.69, 9.17) is 9.52 Å². The quantitative estimate of drug-likeness (QED) is 0.826. The molecule has 0 atom stereocenters. The molecule has 5 nitrogen and oxygen atoms in total. The minimum atomic E-state index is -0.907. The van der Waals surface area contributed by atoms with Crippen molar-refractivity contribution in [2.45, 2.75) is 5.22 Å². The highest BCUT2D eigenvalue weighted by molar-refractivity contribution is 7.99. The maximum absolute atomic E-state index is 10.3. The first-order chi connectivity index (χ1) is 7.25. The second kappa shape index (κ2) is 4.45. The van der Waals surface area contributed by atoms with E-state index in [0.717, 1.165) is 16.6 Å². The Morgan fingerprint density at radius 3 is 3.13 bits per heavy atom. The zero-order valence-electron chi connectivity index (χ0n) is 7.41. The molecule has 0 aromatic carbocycles. The Labute approximate surface area is 93.1 Å². The SMILES string of the molecule is O=C(O)CSc1nnc(-c2cccs2)o1. The molecule has 7 heteroatoms. The lowest BCUT2D eigenvalue weighted by Crippen LogP contribution is -1.97. The van der Waals surface area contributed by atoms with Gasteiger partial charge in [-0.25, -0.2) is 0 Å². The molecule has 0 amide bonds. The number of hydrogen-bond acceptors (Lipinski definition) is 6. The Kier molecular flexibility index (Phi) is 3.02. The van der Waals surface area contributed by atoms with Gasteiger partial charge in [0.05, 0.1) is 4.88 Å². The van der Waals surface area contributed by atoms with Gasteiger partial charge in [-0.05, 0) is 11.4 Å². The Balaban J connectivity index is 2.08. The van der Waals surface area contributed by atoms with Gasteiger partial charge >= 0.3 is 5.97 Å². The summed E-state index contributed by atoms with van der Waals surface area (Å²) in [5.74, 6) is -0.555. The van der Waals surface area contributed by atoms with Crippen LogP contribution < -0.4 is 0 Å². The molecular formula is C8H6N2O3S2. The first-order valence-electron chi connectivity index (χ1n) is 3.97. The van der Waals surface area contributed by atoms with Gasteiger partial charge in [-0.1, -0.05) is 17.8 Å². The summed E-state index contributed by atoms with van der Waals surface area (Å²) >= 11 is 2.50. The molecule has 0 unspecified atom stereocenters. The van der Waals surface area contributed by atoms with E-state index < -0.39 is 5.97 Å². The van der Waals surface area contributed by atoms with E-state index in [1.807, 2.05) is 17.5 Å². The molecular weight excluding hydrogens is 236 g/mol. The van der Waals surface area contributed by atoms with Crippen molar-refractivity contribution in [3.63, 3.8) is 0 Å².